The summed E-state index contributed by atoms with van der Waals surface area (Å²) in [5, 5.41) is 1.39. The van der Waals surface area contributed by atoms with Crippen LogP contribution >= 0.6 is 23.2 Å². The maximum atomic E-state index is 6.04. The van der Waals surface area contributed by atoms with Gasteiger partial charge >= 0.3 is 97.1 Å². The van der Waals surface area contributed by atoms with Crippen LogP contribution in [-0.2, 0) is 0 Å². The van der Waals surface area contributed by atoms with Gasteiger partial charge in [0.05, 0.1) is 0 Å². The van der Waals surface area contributed by atoms with Crippen molar-refractivity contribution in [1.82, 2.24) is 0 Å². The molecule has 0 N–H and O–H groups in total. The maximum absolute atomic E-state index is 6.04. The standard InChI is InChI=1S/C10H16Cl2Se/c11-6-9(4-5-9)8-13-10(7-12)2-1-3-10/h1-8H2. The van der Waals surface area contributed by atoms with E-state index < -0.39 is 0 Å². The van der Waals surface area contributed by atoms with Crippen molar-refractivity contribution in [2.75, 3.05) is 11.8 Å². The van der Waals surface area contributed by atoms with Gasteiger partial charge in [-0.1, -0.05) is 0 Å². The van der Waals surface area contributed by atoms with Crippen LogP contribution in [-0.4, -0.2) is 26.7 Å². The Hall–Kier alpha value is 1.10. The predicted molar refractivity (Wildman–Crippen MR) is 60.2 cm³/mol. The zero-order valence-corrected chi connectivity index (χ0v) is 11.0. The van der Waals surface area contributed by atoms with Gasteiger partial charge in [-0.3, -0.25) is 0 Å². The van der Waals surface area contributed by atoms with Gasteiger partial charge in [0.25, 0.3) is 0 Å². The van der Waals surface area contributed by atoms with Crippen molar-refractivity contribution in [2.24, 2.45) is 5.41 Å². The molecule has 2 aliphatic rings. The molecule has 3 heteroatoms. The minimum atomic E-state index is 0.566. The molecule has 0 spiro atoms. The summed E-state index contributed by atoms with van der Waals surface area (Å²) in [6.07, 6.45) is 6.92. The number of hydrogen-bond acceptors (Lipinski definition) is 0. The van der Waals surface area contributed by atoms with Gasteiger partial charge in [-0.15, -0.1) is 0 Å². The summed E-state index contributed by atoms with van der Waals surface area (Å²) >= 11 is 12.7. The Bertz CT molecular complexity index is 180. The Kier molecular flexibility index (Phi) is 3.21. The van der Waals surface area contributed by atoms with E-state index in [0.29, 0.717) is 9.73 Å². The fourth-order valence-electron chi connectivity index (χ4n) is 1.69. The van der Waals surface area contributed by atoms with Crippen molar-refractivity contribution in [3.05, 3.63) is 0 Å². The van der Waals surface area contributed by atoms with Crippen LogP contribution in [0.3, 0.4) is 0 Å². The van der Waals surface area contributed by atoms with E-state index in [1.807, 2.05) is 0 Å². The van der Waals surface area contributed by atoms with Crippen molar-refractivity contribution in [3.63, 3.8) is 0 Å². The number of hydrogen-bond donors (Lipinski definition) is 0. The molecule has 0 aliphatic heterocycles. The number of halogens is 2. The summed E-state index contributed by atoms with van der Waals surface area (Å²) < 4.78 is 0.580. The van der Waals surface area contributed by atoms with Crippen LogP contribution in [0.5, 0.6) is 0 Å². The molecule has 0 saturated heterocycles. The van der Waals surface area contributed by atoms with Gasteiger partial charge in [0.1, 0.15) is 0 Å². The fourth-order valence-corrected chi connectivity index (χ4v) is 6.45. The zero-order valence-electron chi connectivity index (χ0n) is 7.82. The van der Waals surface area contributed by atoms with Gasteiger partial charge in [0, 0.05) is 0 Å². The Morgan fingerprint density at radius 1 is 1.00 bits per heavy atom. The van der Waals surface area contributed by atoms with E-state index >= 15 is 0 Å². The molecule has 0 aromatic heterocycles. The molecule has 0 bridgehead atoms. The van der Waals surface area contributed by atoms with Crippen molar-refractivity contribution < 1.29 is 0 Å². The first kappa shape index (κ1) is 10.6. The molecule has 2 aliphatic carbocycles. The molecule has 2 fully saturated rings. The van der Waals surface area contributed by atoms with E-state index in [1.165, 1.54) is 37.4 Å². The van der Waals surface area contributed by atoms with E-state index in [9.17, 15) is 0 Å². The SMILES string of the molecule is ClCC1(C[Se]C2(CCl)CCC2)CC1. The molecule has 13 heavy (non-hydrogen) atoms. The molecule has 0 unspecified atom stereocenters. The molecule has 0 aromatic carbocycles. The number of alkyl halides is 2. The van der Waals surface area contributed by atoms with E-state index in [0.717, 1.165) is 26.7 Å². The van der Waals surface area contributed by atoms with Crippen molar-refractivity contribution in [2.45, 2.75) is 41.7 Å². The van der Waals surface area contributed by atoms with E-state index in [1.54, 1.807) is 0 Å². The molecule has 0 atom stereocenters. The molecule has 0 heterocycles. The topological polar surface area (TPSA) is 0 Å². The monoisotopic (exact) mass is 286 g/mol. The minimum absolute atomic E-state index is 0.566. The fraction of sp³-hybridized carbons (Fsp3) is 1.00. The van der Waals surface area contributed by atoms with Gasteiger partial charge in [-0.25, -0.2) is 0 Å². The second-order valence-electron chi connectivity index (χ2n) is 4.59. The Morgan fingerprint density at radius 2 is 1.69 bits per heavy atom. The van der Waals surface area contributed by atoms with Crippen LogP contribution in [0.4, 0.5) is 0 Å². The van der Waals surface area contributed by atoms with Gasteiger partial charge < -0.3 is 0 Å². The molecule has 0 nitrogen and oxygen atoms in total. The molecule has 0 aromatic rings. The molecule has 0 amide bonds. The Labute approximate surface area is 96.9 Å². The van der Waals surface area contributed by atoms with Crippen LogP contribution in [0.25, 0.3) is 0 Å². The third-order valence-electron chi connectivity index (χ3n) is 3.43. The molecular formula is C10H16Cl2Se. The molecule has 2 rings (SSSR count). The predicted octanol–water partition coefficient (Wildman–Crippen LogP) is 3.71. The summed E-state index contributed by atoms with van der Waals surface area (Å²) in [5.74, 6) is 1.78. The van der Waals surface area contributed by atoms with Crippen LogP contribution in [0, 0.1) is 5.41 Å². The van der Waals surface area contributed by atoms with Crippen LogP contribution < -0.4 is 0 Å². The quantitative estimate of drug-likeness (QED) is 0.534. The first-order chi connectivity index (χ1) is 6.24. The van der Waals surface area contributed by atoms with E-state index in [2.05, 4.69) is 0 Å². The first-order valence-electron chi connectivity index (χ1n) is 5.00. The van der Waals surface area contributed by atoms with E-state index in [4.69, 9.17) is 23.2 Å². The van der Waals surface area contributed by atoms with Crippen LogP contribution in [0.1, 0.15) is 32.1 Å². The molecule has 76 valence electrons. The summed E-state index contributed by atoms with van der Waals surface area (Å²) in [4.78, 5) is 0. The second-order valence-corrected chi connectivity index (χ2v) is 8.16. The van der Waals surface area contributed by atoms with Crippen molar-refractivity contribution in [3.8, 4) is 0 Å². The summed E-state index contributed by atoms with van der Waals surface area (Å²) in [7, 11) is 0. The average molecular weight is 286 g/mol. The third kappa shape index (κ3) is 2.20. The average Bonchev–Trinajstić information content (AvgIpc) is 2.85. The Morgan fingerprint density at radius 3 is 2.00 bits per heavy atom. The van der Waals surface area contributed by atoms with Crippen LogP contribution in [0.2, 0.25) is 9.63 Å². The summed E-state index contributed by atoms with van der Waals surface area (Å²) in [5.41, 5.74) is 0.566. The Balaban J connectivity index is 1.78. The van der Waals surface area contributed by atoms with E-state index in [-0.39, 0.29) is 0 Å². The normalized spacial score (nSPS) is 28.2. The zero-order chi connectivity index (χ0) is 9.36. The summed E-state index contributed by atoms with van der Waals surface area (Å²) in [6.45, 7) is 0. The number of rotatable bonds is 5. The van der Waals surface area contributed by atoms with Crippen molar-refractivity contribution >= 4 is 38.2 Å². The van der Waals surface area contributed by atoms with Gasteiger partial charge in [0.15, 0.2) is 0 Å². The second kappa shape index (κ2) is 3.93. The van der Waals surface area contributed by atoms with Gasteiger partial charge in [0.2, 0.25) is 0 Å². The van der Waals surface area contributed by atoms with Crippen LogP contribution in [0.15, 0.2) is 0 Å². The molecular weight excluding hydrogens is 270 g/mol. The third-order valence-corrected chi connectivity index (χ3v) is 8.90. The van der Waals surface area contributed by atoms with Gasteiger partial charge in [-0.05, 0) is 0 Å². The molecule has 0 radical (unpaired) electrons. The van der Waals surface area contributed by atoms with Gasteiger partial charge in [-0.2, -0.15) is 0 Å². The van der Waals surface area contributed by atoms with Crippen molar-refractivity contribution in [1.29, 1.82) is 0 Å². The summed E-state index contributed by atoms with van der Waals surface area (Å²) in [6, 6.07) is 0. The first-order valence-corrected chi connectivity index (χ1v) is 8.14. The molecule has 2 saturated carbocycles.